The molecule has 164 valence electrons. The number of carbonyl (C=O) groups excluding carboxylic acids is 1. The van der Waals surface area contributed by atoms with Crippen LogP contribution in [-0.2, 0) is 16.3 Å². The van der Waals surface area contributed by atoms with Crippen molar-refractivity contribution in [1.29, 1.82) is 0 Å². The highest BCUT2D eigenvalue weighted by atomic mass is 35.5. The summed E-state index contributed by atoms with van der Waals surface area (Å²) in [5.41, 5.74) is -1.30. The van der Waals surface area contributed by atoms with E-state index in [0.717, 1.165) is 18.2 Å². The molecule has 3 aromatic rings. The summed E-state index contributed by atoms with van der Waals surface area (Å²) < 4.78 is 77.7. The number of hydrogen-bond donors (Lipinski definition) is 2. The Kier molecular flexibility index (Phi) is 6.32. The lowest BCUT2D eigenvalue weighted by molar-refractivity contribution is -0.153. The van der Waals surface area contributed by atoms with Crippen molar-refractivity contribution in [3.8, 4) is 11.3 Å². The Balaban J connectivity index is 2.08. The molecular formula is C18H9Cl3F3NO5S. The van der Waals surface area contributed by atoms with Crippen LogP contribution in [-0.4, -0.2) is 18.9 Å². The Labute approximate surface area is 188 Å². The maximum Gasteiger partial charge on any atom is 0.450 e. The predicted molar refractivity (Wildman–Crippen MR) is 108 cm³/mol. The van der Waals surface area contributed by atoms with E-state index in [2.05, 4.69) is 0 Å². The monoisotopic (exact) mass is 513 g/mol. The van der Waals surface area contributed by atoms with Gasteiger partial charge in [0.25, 0.3) is 16.0 Å². The second-order valence-corrected chi connectivity index (χ2v) is 8.69. The third kappa shape index (κ3) is 5.16. The molecule has 3 rings (SSSR count). The van der Waals surface area contributed by atoms with Gasteiger partial charge in [0.2, 0.25) is 5.76 Å². The minimum Gasteiger partial charge on any atom is -0.451 e. The Morgan fingerprint density at radius 2 is 1.58 bits per heavy atom. The topological polar surface area (TPSA) is 96.6 Å². The summed E-state index contributed by atoms with van der Waals surface area (Å²) in [4.78, 5) is 11.8. The maximum atomic E-state index is 13.5. The van der Waals surface area contributed by atoms with Crippen molar-refractivity contribution in [1.82, 2.24) is 0 Å². The first-order chi connectivity index (χ1) is 14.3. The lowest BCUT2D eigenvalue weighted by Gasteiger charge is -2.11. The minimum atomic E-state index is -5.04. The first-order valence-electron chi connectivity index (χ1n) is 8.02. The first-order valence-corrected chi connectivity index (χ1v) is 10.6. The Bertz CT molecular complexity index is 1270. The normalized spacial score (nSPS) is 12.1. The molecule has 31 heavy (non-hydrogen) atoms. The largest absolute Gasteiger partial charge is 0.451 e. The predicted octanol–water partition coefficient (Wildman–Crippen LogP) is 6.42. The van der Waals surface area contributed by atoms with Crippen LogP contribution in [0.1, 0.15) is 16.1 Å². The zero-order valence-corrected chi connectivity index (χ0v) is 17.9. The number of amides is 1. The molecule has 0 bridgehead atoms. The van der Waals surface area contributed by atoms with Gasteiger partial charge in [-0.1, -0.05) is 34.8 Å². The van der Waals surface area contributed by atoms with Crippen molar-refractivity contribution in [2.45, 2.75) is 11.1 Å². The highest BCUT2D eigenvalue weighted by Crippen LogP contribution is 2.38. The molecule has 0 aliphatic rings. The number of hydrogen-bond acceptors (Lipinski definition) is 4. The number of halogens is 6. The average Bonchev–Trinajstić information content (AvgIpc) is 3.10. The van der Waals surface area contributed by atoms with Gasteiger partial charge >= 0.3 is 6.18 Å². The Morgan fingerprint density at radius 3 is 2.13 bits per heavy atom. The molecule has 1 aromatic heterocycles. The smallest absolute Gasteiger partial charge is 0.450 e. The van der Waals surface area contributed by atoms with Crippen molar-refractivity contribution >= 4 is 56.5 Å². The molecule has 2 aromatic carbocycles. The summed E-state index contributed by atoms with van der Waals surface area (Å²) in [7, 11) is -4.90. The van der Waals surface area contributed by atoms with E-state index in [1.807, 2.05) is 5.32 Å². The van der Waals surface area contributed by atoms with Crippen molar-refractivity contribution in [3.63, 3.8) is 0 Å². The number of benzene rings is 2. The molecule has 0 aliphatic carbocycles. The molecular weight excluding hydrogens is 506 g/mol. The highest BCUT2D eigenvalue weighted by molar-refractivity contribution is 7.86. The molecule has 0 fully saturated rings. The van der Waals surface area contributed by atoms with Crippen molar-refractivity contribution < 1.29 is 35.4 Å². The number of furan rings is 1. The van der Waals surface area contributed by atoms with Crippen LogP contribution in [0.4, 0.5) is 18.9 Å². The third-order valence-corrected chi connectivity index (χ3v) is 5.78. The molecule has 2 N–H and O–H groups in total. The molecule has 0 saturated heterocycles. The van der Waals surface area contributed by atoms with Gasteiger partial charge < -0.3 is 9.73 Å². The van der Waals surface area contributed by atoms with Crippen LogP contribution in [0, 0.1) is 0 Å². The molecule has 0 aliphatic heterocycles. The minimum absolute atomic E-state index is 0.210. The van der Waals surface area contributed by atoms with Gasteiger partial charge in [-0.15, -0.1) is 0 Å². The van der Waals surface area contributed by atoms with Crippen LogP contribution >= 0.6 is 34.8 Å². The second-order valence-electron chi connectivity index (χ2n) is 6.05. The van der Waals surface area contributed by atoms with Crippen LogP contribution in [0.5, 0.6) is 0 Å². The van der Waals surface area contributed by atoms with E-state index < -0.39 is 44.1 Å². The van der Waals surface area contributed by atoms with Gasteiger partial charge in [0.1, 0.15) is 10.7 Å². The molecule has 1 amide bonds. The molecule has 6 nitrogen and oxygen atoms in total. The molecule has 13 heteroatoms. The Morgan fingerprint density at radius 1 is 1.00 bits per heavy atom. The number of carbonyl (C=O) groups is 1. The first kappa shape index (κ1) is 23.4. The SMILES string of the molecule is O=C(Nc1cc(Cl)c(Cl)cc1S(=O)(=O)O)c1cc(-c2ccc(Cl)cc2)oc1C(F)(F)F. The zero-order valence-electron chi connectivity index (χ0n) is 14.8. The maximum absolute atomic E-state index is 13.5. The quantitative estimate of drug-likeness (QED) is 0.391. The van der Waals surface area contributed by atoms with E-state index in [1.54, 1.807) is 0 Å². The number of anilines is 1. The standard InChI is InChI=1S/C18H9Cl3F3NO5S/c19-9-3-1-8(2-4-9)14-5-10(16(30-14)18(22,23)24)17(26)25-13-6-11(20)12(21)7-15(13)31(27,28)29/h1-7H,(H,25,26)(H,27,28,29). The summed E-state index contributed by atoms with van der Waals surface area (Å²) in [5, 5.41) is 1.84. The number of rotatable bonds is 4. The van der Waals surface area contributed by atoms with E-state index in [0.29, 0.717) is 5.02 Å². The van der Waals surface area contributed by atoms with Crippen LogP contribution in [0.15, 0.2) is 51.8 Å². The number of nitrogens with one attached hydrogen (secondary N) is 1. The van der Waals surface area contributed by atoms with Gasteiger partial charge in [0, 0.05) is 10.6 Å². The lowest BCUT2D eigenvalue weighted by Crippen LogP contribution is -2.18. The van der Waals surface area contributed by atoms with Gasteiger partial charge in [0.05, 0.1) is 21.3 Å². The second kappa shape index (κ2) is 8.36. The van der Waals surface area contributed by atoms with Gasteiger partial charge in [-0.2, -0.15) is 21.6 Å². The van der Waals surface area contributed by atoms with Crippen LogP contribution in [0.25, 0.3) is 11.3 Å². The summed E-state index contributed by atoms with van der Waals surface area (Å²) in [5.74, 6) is -3.25. The van der Waals surface area contributed by atoms with E-state index in [-0.39, 0.29) is 21.4 Å². The molecule has 0 atom stereocenters. The summed E-state index contributed by atoms with van der Waals surface area (Å²) in [6.45, 7) is 0. The fraction of sp³-hybridized carbons (Fsp3) is 0.0556. The third-order valence-electron chi connectivity index (χ3n) is 3.91. The van der Waals surface area contributed by atoms with Crippen molar-refractivity contribution in [2.75, 3.05) is 5.32 Å². The molecule has 0 unspecified atom stereocenters. The molecule has 0 saturated carbocycles. The van der Waals surface area contributed by atoms with Crippen LogP contribution in [0.3, 0.4) is 0 Å². The summed E-state index contributed by atoms with van der Waals surface area (Å²) in [6, 6.07) is 8.07. The molecule has 0 spiro atoms. The average molecular weight is 515 g/mol. The Hall–Kier alpha value is -2.24. The van der Waals surface area contributed by atoms with Gasteiger partial charge in [-0.25, -0.2) is 0 Å². The number of alkyl halides is 3. The zero-order chi connectivity index (χ0) is 23.1. The van der Waals surface area contributed by atoms with E-state index in [1.165, 1.54) is 24.3 Å². The van der Waals surface area contributed by atoms with E-state index in [9.17, 15) is 30.9 Å². The van der Waals surface area contributed by atoms with Gasteiger partial charge in [-0.05, 0) is 42.5 Å². The van der Waals surface area contributed by atoms with Crippen molar-refractivity contribution in [2.24, 2.45) is 0 Å². The van der Waals surface area contributed by atoms with E-state index in [4.69, 9.17) is 39.2 Å². The fourth-order valence-electron chi connectivity index (χ4n) is 2.56. The summed E-state index contributed by atoms with van der Waals surface area (Å²) in [6.07, 6.45) is -5.04. The van der Waals surface area contributed by atoms with Crippen LogP contribution in [0.2, 0.25) is 15.1 Å². The molecule has 0 radical (unpaired) electrons. The fourth-order valence-corrected chi connectivity index (χ4v) is 3.73. The molecule has 1 heterocycles. The van der Waals surface area contributed by atoms with Crippen molar-refractivity contribution in [3.05, 3.63) is 68.9 Å². The summed E-state index contributed by atoms with van der Waals surface area (Å²) >= 11 is 17.3. The van der Waals surface area contributed by atoms with Gasteiger partial charge in [-0.3, -0.25) is 9.35 Å². The van der Waals surface area contributed by atoms with Crippen LogP contribution < -0.4 is 5.32 Å². The van der Waals surface area contributed by atoms with E-state index >= 15 is 0 Å². The highest BCUT2D eigenvalue weighted by Gasteiger charge is 2.40. The lowest BCUT2D eigenvalue weighted by atomic mass is 10.1. The van der Waals surface area contributed by atoms with Gasteiger partial charge in [0.15, 0.2) is 0 Å².